The van der Waals surface area contributed by atoms with Crippen molar-refractivity contribution in [1.82, 2.24) is 0 Å². The lowest BCUT2D eigenvalue weighted by Gasteiger charge is -2.05. The van der Waals surface area contributed by atoms with Gasteiger partial charge in [0.15, 0.2) is 0 Å². The van der Waals surface area contributed by atoms with Crippen LogP contribution in [0.5, 0.6) is 0 Å². The van der Waals surface area contributed by atoms with Crippen molar-refractivity contribution >= 4 is 5.97 Å². The van der Waals surface area contributed by atoms with Crippen LogP contribution in [0.25, 0.3) is 0 Å². The van der Waals surface area contributed by atoms with Crippen molar-refractivity contribution in [2.45, 2.75) is 13.3 Å². The van der Waals surface area contributed by atoms with E-state index in [2.05, 4.69) is 13.5 Å². The number of esters is 1. The molecule has 0 amide bonds. The zero-order chi connectivity index (χ0) is 7.56. The Kier molecular flexibility index (Phi) is 2.10. The molecule has 0 aromatic carbocycles. The van der Waals surface area contributed by atoms with Gasteiger partial charge in [0.25, 0.3) is 0 Å². The van der Waals surface area contributed by atoms with Crippen LogP contribution in [0, 0.1) is 11.8 Å². The van der Waals surface area contributed by atoms with E-state index in [-0.39, 0.29) is 11.9 Å². The van der Waals surface area contributed by atoms with Crippen LogP contribution in [0.3, 0.4) is 0 Å². The predicted octanol–water partition coefficient (Wildman–Crippen LogP) is 1.37. The molecular weight excluding hydrogens is 128 g/mol. The molecule has 1 heterocycles. The predicted molar refractivity (Wildman–Crippen MR) is 38.4 cm³/mol. The Morgan fingerprint density at radius 3 is 3.00 bits per heavy atom. The first kappa shape index (κ1) is 7.32. The summed E-state index contributed by atoms with van der Waals surface area (Å²) in [5, 5.41) is 0. The smallest absolute Gasteiger partial charge is 0.313 e. The Morgan fingerprint density at radius 1 is 1.90 bits per heavy atom. The van der Waals surface area contributed by atoms with Crippen molar-refractivity contribution in [3.05, 3.63) is 12.7 Å². The average Bonchev–Trinajstić information content (AvgIpc) is 2.30. The summed E-state index contributed by atoms with van der Waals surface area (Å²) in [5.74, 6) is 0.205. The molecule has 0 bridgehead atoms. The van der Waals surface area contributed by atoms with Crippen LogP contribution in [0.4, 0.5) is 0 Å². The molecule has 10 heavy (non-hydrogen) atoms. The maximum Gasteiger partial charge on any atom is 0.313 e. The molecule has 1 aliphatic heterocycles. The molecule has 0 radical (unpaired) electrons. The summed E-state index contributed by atoms with van der Waals surface area (Å²) >= 11 is 0. The van der Waals surface area contributed by atoms with Gasteiger partial charge in [0.05, 0.1) is 12.5 Å². The minimum Gasteiger partial charge on any atom is -0.465 e. The van der Waals surface area contributed by atoms with Crippen LogP contribution in [0.15, 0.2) is 12.7 Å². The molecule has 2 atom stereocenters. The number of hydrogen-bond donors (Lipinski definition) is 0. The molecule has 2 heteroatoms. The van der Waals surface area contributed by atoms with Crippen LogP contribution in [0.2, 0.25) is 0 Å². The second kappa shape index (κ2) is 2.86. The molecule has 1 rings (SSSR count). The van der Waals surface area contributed by atoms with Crippen LogP contribution >= 0.6 is 0 Å². The lowest BCUT2D eigenvalue weighted by atomic mass is 9.93. The summed E-state index contributed by atoms with van der Waals surface area (Å²) in [6.07, 6.45) is 2.67. The van der Waals surface area contributed by atoms with E-state index in [0.29, 0.717) is 12.5 Å². The zero-order valence-electron chi connectivity index (χ0n) is 6.17. The third-order valence-corrected chi connectivity index (χ3v) is 2.00. The van der Waals surface area contributed by atoms with E-state index in [1.165, 1.54) is 0 Å². The van der Waals surface area contributed by atoms with Crippen molar-refractivity contribution in [1.29, 1.82) is 0 Å². The van der Waals surface area contributed by atoms with E-state index in [1.54, 1.807) is 6.08 Å². The number of hydrogen-bond acceptors (Lipinski definition) is 2. The highest BCUT2D eigenvalue weighted by molar-refractivity contribution is 5.76. The SMILES string of the molecule is C=CC1C(=O)OCC1CC. The normalized spacial score (nSPS) is 31.9. The summed E-state index contributed by atoms with van der Waals surface area (Å²) in [5.41, 5.74) is 0. The Morgan fingerprint density at radius 2 is 2.60 bits per heavy atom. The molecule has 0 saturated carbocycles. The molecule has 0 aromatic heterocycles. The molecule has 1 aliphatic rings. The van der Waals surface area contributed by atoms with Gasteiger partial charge in [-0.1, -0.05) is 13.0 Å². The standard InChI is InChI=1S/C8H12O2/c1-3-6-5-10-8(9)7(6)4-2/h4,6-7H,2-3,5H2,1H3. The van der Waals surface area contributed by atoms with E-state index < -0.39 is 0 Å². The van der Waals surface area contributed by atoms with Crippen molar-refractivity contribution < 1.29 is 9.53 Å². The van der Waals surface area contributed by atoms with Gasteiger partial charge in [-0.25, -0.2) is 0 Å². The Bertz CT molecular complexity index is 151. The average molecular weight is 140 g/mol. The number of rotatable bonds is 2. The van der Waals surface area contributed by atoms with Gasteiger partial charge in [-0.05, 0) is 6.42 Å². The van der Waals surface area contributed by atoms with E-state index >= 15 is 0 Å². The summed E-state index contributed by atoms with van der Waals surface area (Å²) in [6, 6.07) is 0. The van der Waals surface area contributed by atoms with Crippen LogP contribution in [-0.2, 0) is 9.53 Å². The first-order valence-electron chi connectivity index (χ1n) is 3.58. The van der Waals surface area contributed by atoms with Crippen molar-refractivity contribution in [2.75, 3.05) is 6.61 Å². The fourth-order valence-electron chi connectivity index (χ4n) is 1.24. The fraction of sp³-hybridized carbons (Fsp3) is 0.625. The first-order chi connectivity index (χ1) is 4.79. The molecule has 2 nitrogen and oxygen atoms in total. The second-order valence-electron chi connectivity index (χ2n) is 2.56. The van der Waals surface area contributed by atoms with Gasteiger partial charge >= 0.3 is 5.97 Å². The van der Waals surface area contributed by atoms with E-state index in [9.17, 15) is 4.79 Å². The molecule has 0 spiro atoms. The third kappa shape index (κ3) is 1.06. The van der Waals surface area contributed by atoms with Crippen molar-refractivity contribution in [2.24, 2.45) is 11.8 Å². The summed E-state index contributed by atoms with van der Waals surface area (Å²) in [6.45, 7) is 6.22. The van der Waals surface area contributed by atoms with Crippen molar-refractivity contribution in [3.63, 3.8) is 0 Å². The Labute approximate surface area is 60.9 Å². The molecule has 2 unspecified atom stereocenters. The minimum absolute atomic E-state index is 0.0509. The molecule has 0 aliphatic carbocycles. The minimum atomic E-state index is -0.109. The van der Waals surface area contributed by atoms with Crippen LogP contribution in [-0.4, -0.2) is 12.6 Å². The lowest BCUT2D eigenvalue weighted by Crippen LogP contribution is -2.11. The quantitative estimate of drug-likeness (QED) is 0.427. The maximum atomic E-state index is 10.9. The second-order valence-corrected chi connectivity index (χ2v) is 2.56. The monoisotopic (exact) mass is 140 g/mol. The van der Waals surface area contributed by atoms with Gasteiger partial charge in [0, 0.05) is 5.92 Å². The van der Waals surface area contributed by atoms with E-state index in [4.69, 9.17) is 4.74 Å². The zero-order valence-corrected chi connectivity index (χ0v) is 6.17. The third-order valence-electron chi connectivity index (χ3n) is 2.00. The highest BCUT2D eigenvalue weighted by Crippen LogP contribution is 2.25. The van der Waals surface area contributed by atoms with Gasteiger partial charge in [-0.3, -0.25) is 4.79 Å². The van der Waals surface area contributed by atoms with Gasteiger partial charge < -0.3 is 4.74 Å². The van der Waals surface area contributed by atoms with Crippen LogP contribution < -0.4 is 0 Å². The molecule has 56 valence electrons. The van der Waals surface area contributed by atoms with Gasteiger partial charge in [0.1, 0.15) is 0 Å². The van der Waals surface area contributed by atoms with E-state index in [1.807, 2.05) is 0 Å². The number of ether oxygens (including phenoxy) is 1. The molecule has 1 fully saturated rings. The highest BCUT2D eigenvalue weighted by atomic mass is 16.5. The van der Waals surface area contributed by atoms with Crippen LogP contribution in [0.1, 0.15) is 13.3 Å². The lowest BCUT2D eigenvalue weighted by molar-refractivity contribution is -0.140. The van der Waals surface area contributed by atoms with Gasteiger partial charge in [0.2, 0.25) is 0 Å². The summed E-state index contributed by atoms with van der Waals surface area (Å²) < 4.78 is 4.85. The fourth-order valence-corrected chi connectivity index (χ4v) is 1.24. The Balaban J connectivity index is 2.62. The molecule has 1 saturated heterocycles. The summed E-state index contributed by atoms with van der Waals surface area (Å²) in [4.78, 5) is 10.9. The largest absolute Gasteiger partial charge is 0.465 e. The van der Waals surface area contributed by atoms with Crippen molar-refractivity contribution in [3.8, 4) is 0 Å². The molecular formula is C8H12O2. The number of carbonyl (C=O) groups excluding carboxylic acids is 1. The number of carbonyl (C=O) groups is 1. The molecule has 0 aromatic rings. The molecule has 0 N–H and O–H groups in total. The highest BCUT2D eigenvalue weighted by Gasteiger charge is 2.32. The maximum absolute atomic E-state index is 10.9. The van der Waals surface area contributed by atoms with Gasteiger partial charge in [-0.2, -0.15) is 0 Å². The topological polar surface area (TPSA) is 26.3 Å². The van der Waals surface area contributed by atoms with Gasteiger partial charge in [-0.15, -0.1) is 6.58 Å². The Hall–Kier alpha value is -0.790. The first-order valence-corrected chi connectivity index (χ1v) is 3.58. The number of cyclic esters (lactones) is 1. The summed E-state index contributed by atoms with van der Waals surface area (Å²) in [7, 11) is 0. The van der Waals surface area contributed by atoms with E-state index in [0.717, 1.165) is 6.42 Å².